The van der Waals surface area contributed by atoms with Crippen LogP contribution < -0.4 is 48.7 Å². The summed E-state index contributed by atoms with van der Waals surface area (Å²) in [6.07, 6.45) is -2.82. The summed E-state index contributed by atoms with van der Waals surface area (Å²) in [6, 6.07) is 5.53. The van der Waals surface area contributed by atoms with Gasteiger partial charge in [-0.2, -0.15) is 0 Å². The van der Waals surface area contributed by atoms with Crippen molar-refractivity contribution in [3.05, 3.63) is 65.2 Å². The van der Waals surface area contributed by atoms with Crippen LogP contribution in [0.1, 0.15) is 195 Å². The molecule has 2 aromatic rings. The Balaban J connectivity index is 1.92. The number of aliphatic hydroxyl groups is 1. The Kier molecular flexibility index (Phi) is 38.2. The third-order valence-electron chi connectivity index (χ3n) is 19.0. The van der Waals surface area contributed by atoms with Crippen LogP contribution in [0.5, 0.6) is 0 Å². The molecule has 602 valence electrons. The predicted molar refractivity (Wildman–Crippen MR) is 404 cm³/mol. The lowest BCUT2D eigenvalue weighted by molar-refractivity contribution is -0.155. The molecular weight excluding hydrogens is 1380 g/mol. The molecule has 0 radical (unpaired) electrons. The number of carbonyl (C=O) groups is 12. The van der Waals surface area contributed by atoms with Crippen LogP contribution in [0.15, 0.2) is 48.5 Å². The van der Waals surface area contributed by atoms with E-state index >= 15 is 0 Å². The zero-order valence-corrected chi connectivity index (χ0v) is 66.7. The van der Waals surface area contributed by atoms with E-state index in [0.29, 0.717) is 44.4 Å². The molecule has 1 aliphatic rings. The van der Waals surface area contributed by atoms with Gasteiger partial charge in [-0.25, -0.2) is 19.2 Å². The van der Waals surface area contributed by atoms with Gasteiger partial charge in [-0.15, -0.1) is 0 Å². The second-order valence-corrected chi connectivity index (χ2v) is 30.9. The number of methoxy groups -OCH3 is 1. The van der Waals surface area contributed by atoms with E-state index in [2.05, 4.69) is 42.1 Å². The Hall–Kier alpha value is -8.52. The van der Waals surface area contributed by atoms with Crippen molar-refractivity contribution < 1.29 is 86.3 Å². The van der Waals surface area contributed by atoms with E-state index < -0.39 is 143 Å². The van der Waals surface area contributed by atoms with Crippen LogP contribution in [0, 0.1) is 29.6 Å². The summed E-state index contributed by atoms with van der Waals surface area (Å²) in [7, 11) is 6.34. The summed E-state index contributed by atoms with van der Waals surface area (Å²) in [5.41, 5.74) is 9.67. The third-order valence-corrected chi connectivity index (χ3v) is 19.0. The summed E-state index contributed by atoms with van der Waals surface area (Å²) in [4.78, 5) is 169. The van der Waals surface area contributed by atoms with Crippen molar-refractivity contribution in [3.63, 3.8) is 0 Å². The number of anilines is 1. The fraction of sp³-hybridized carbons (Fsp3) is 0.684. The lowest BCUT2D eigenvalue weighted by Gasteiger charge is -2.41. The Labute approximate surface area is 632 Å². The van der Waals surface area contributed by atoms with Gasteiger partial charge in [0, 0.05) is 90.7 Å². The number of aliphatic hydroxyl groups excluding tert-OH is 1. The minimum atomic E-state index is -1.36. The van der Waals surface area contributed by atoms with Crippen molar-refractivity contribution in [2.45, 2.75) is 240 Å². The first-order valence-electron chi connectivity index (χ1n) is 37.1. The maximum absolute atomic E-state index is 14.6. The summed E-state index contributed by atoms with van der Waals surface area (Å²) >= 11 is 0. The molecule has 1 saturated heterocycles. The van der Waals surface area contributed by atoms with Crippen molar-refractivity contribution in [2.75, 3.05) is 72.8 Å². The van der Waals surface area contributed by atoms with Crippen molar-refractivity contribution in [3.8, 4) is 0 Å². The molecule has 1 aliphatic heterocycles. The van der Waals surface area contributed by atoms with Gasteiger partial charge in [0.1, 0.15) is 29.4 Å². The maximum atomic E-state index is 14.6. The van der Waals surface area contributed by atoms with Gasteiger partial charge in [0.15, 0.2) is 0 Å². The molecule has 107 heavy (non-hydrogen) atoms. The summed E-state index contributed by atoms with van der Waals surface area (Å²) in [6.45, 7) is 29.9. The molecular formula is C76H125N13O18. The average Bonchev–Trinajstić information content (AvgIpc) is 1.78. The van der Waals surface area contributed by atoms with Crippen LogP contribution in [0.3, 0.4) is 0 Å². The largest absolute Gasteiger partial charge is 0.462 e. The number of esters is 2. The van der Waals surface area contributed by atoms with Gasteiger partial charge in [0.2, 0.25) is 29.5 Å². The highest BCUT2D eigenvalue weighted by Crippen LogP contribution is 2.31. The monoisotopic (exact) mass is 1510 g/mol. The van der Waals surface area contributed by atoms with E-state index in [-0.39, 0.29) is 105 Å². The topological polar surface area (TPSA) is 420 Å². The number of nitrogens with two attached hydrogens (primary N) is 2. The number of primary amides is 1. The van der Waals surface area contributed by atoms with E-state index in [4.69, 9.17) is 35.2 Å². The molecule has 3 rings (SSSR count). The molecule has 2 aromatic carbocycles. The minimum absolute atomic E-state index is 0.00488. The molecule has 0 spiro atoms. The molecule has 31 nitrogen and oxygen atoms in total. The Morgan fingerprint density at radius 2 is 1.39 bits per heavy atom. The van der Waals surface area contributed by atoms with Gasteiger partial charge in [-0.3, -0.25) is 43.3 Å². The average molecular weight is 1510 g/mol. The zero-order chi connectivity index (χ0) is 81.0. The number of amides is 10. The highest BCUT2D eigenvalue weighted by molar-refractivity contribution is 6.09. The minimum Gasteiger partial charge on any atom is -0.462 e. The van der Waals surface area contributed by atoms with E-state index in [1.165, 1.54) is 43.1 Å². The number of rotatable bonds is 42. The van der Waals surface area contributed by atoms with Crippen molar-refractivity contribution in [1.29, 1.82) is 0 Å². The van der Waals surface area contributed by atoms with Crippen LogP contribution in [-0.2, 0) is 57.2 Å². The second kappa shape index (κ2) is 44.1. The first-order valence-corrected chi connectivity index (χ1v) is 37.1. The molecule has 0 aromatic heterocycles. The zero-order valence-electron chi connectivity index (χ0n) is 66.7. The highest BCUT2D eigenvalue weighted by Gasteiger charge is 2.43. The van der Waals surface area contributed by atoms with Crippen LogP contribution >= 0.6 is 0 Å². The molecule has 0 saturated carbocycles. The van der Waals surface area contributed by atoms with Crippen molar-refractivity contribution >= 4 is 77.8 Å². The molecule has 0 unspecified atom stereocenters. The highest BCUT2D eigenvalue weighted by atomic mass is 16.6. The smallest absolute Gasteiger partial charge is 0.417 e. The van der Waals surface area contributed by atoms with E-state index in [1.54, 1.807) is 86.3 Å². The maximum Gasteiger partial charge on any atom is 0.417 e. The number of ether oxygens (including phenoxy) is 5. The van der Waals surface area contributed by atoms with Gasteiger partial charge in [-0.05, 0) is 135 Å². The van der Waals surface area contributed by atoms with E-state index in [1.807, 2.05) is 66.8 Å². The Morgan fingerprint density at radius 1 is 0.748 bits per heavy atom. The molecule has 10 amide bonds. The van der Waals surface area contributed by atoms with Crippen molar-refractivity contribution in [2.24, 2.45) is 41.1 Å². The lowest BCUT2D eigenvalue weighted by Crippen LogP contribution is -2.57. The Morgan fingerprint density at radius 3 is 1.96 bits per heavy atom. The molecule has 1 fully saturated rings. The van der Waals surface area contributed by atoms with Crippen molar-refractivity contribution in [1.82, 2.24) is 51.5 Å². The van der Waals surface area contributed by atoms with E-state index in [9.17, 15) is 62.6 Å². The molecule has 31 heteroatoms. The molecule has 12 N–H and O–H groups in total. The molecule has 1 heterocycles. The standard InChI is InChI=1S/C76H125N13O18/c1-21-47(8)63(59(104-43-90)40-60(91)89-37-26-30-57(89)65(103-20)48(9)66(94)82-49(10)64(93)50-27-23-22-24-28-50)87(18)42-56(44(2)3)81-41-58(45(4)5)88(19)74(102)105-71(99)52-32-31-51(39-53(52)67(95)79-36-38-86(17)73(101)107-76(14,15)16)83-69(97)55(29-25-35-80-72(78)100)84-70(98)62(46(6)7)85-68(96)54(77)33-34-61(92)106-75(11,12)13/h22-24,27-28,31-32,39,43-49,54-59,62-65,81,93H,21,25-26,29-30,33-38,40-42,77H2,1-20H3,(H,79,95)(H,82,94)(H,83,97)(H,84,98)(H,85,96)(H3,78,80,100)/t47-,48+,49+,54-,55-,56+,57-,58+,59+,62-,63-,64+,65+/m0/s1. The van der Waals surface area contributed by atoms with Crippen LogP contribution in [0.2, 0.25) is 0 Å². The van der Waals surface area contributed by atoms with Gasteiger partial charge in [-0.1, -0.05) is 99.1 Å². The number of nitrogens with zero attached hydrogens (tertiary/aromatic N) is 4. The summed E-state index contributed by atoms with van der Waals surface area (Å²) in [5, 5.41) is 30.6. The van der Waals surface area contributed by atoms with Crippen LogP contribution in [-0.4, -0.2) is 236 Å². The third kappa shape index (κ3) is 30.6. The second-order valence-electron chi connectivity index (χ2n) is 30.9. The summed E-state index contributed by atoms with van der Waals surface area (Å²) in [5.74, 6) is -7.29. The number of hydrogen-bond acceptors (Lipinski definition) is 21. The summed E-state index contributed by atoms with van der Waals surface area (Å²) < 4.78 is 28.2. The number of likely N-dealkylation sites (N-methyl/N-ethyl adjacent to an activating group) is 3. The molecule has 13 atom stereocenters. The van der Waals surface area contributed by atoms with Gasteiger partial charge in [0.25, 0.3) is 12.4 Å². The first-order chi connectivity index (χ1) is 50.0. The van der Waals surface area contributed by atoms with Gasteiger partial charge < -0.3 is 92.2 Å². The number of benzene rings is 2. The van der Waals surface area contributed by atoms with E-state index in [0.717, 1.165) is 6.07 Å². The molecule has 0 bridgehead atoms. The molecule has 0 aliphatic carbocycles. The number of likely N-dealkylation sites (tertiary alicyclic amines) is 1. The number of nitrogens with one attached hydrogen (secondary N) is 7. The first kappa shape index (κ1) is 92.7. The van der Waals surface area contributed by atoms with Crippen LogP contribution in [0.25, 0.3) is 0 Å². The van der Waals surface area contributed by atoms with Gasteiger partial charge >= 0.3 is 30.2 Å². The predicted octanol–water partition coefficient (Wildman–Crippen LogP) is 5.75. The lowest BCUT2D eigenvalue weighted by atomic mass is 9.89. The van der Waals surface area contributed by atoms with Gasteiger partial charge in [0.05, 0.1) is 53.8 Å². The number of carbonyl (C=O) groups excluding carboxylic acids is 12. The fourth-order valence-corrected chi connectivity index (χ4v) is 12.7. The normalized spacial score (nSPS) is 16.6. The quantitative estimate of drug-likeness (QED) is 0.0124. The number of urea groups is 1. The fourth-order valence-electron chi connectivity index (χ4n) is 12.7. The van der Waals surface area contributed by atoms with Crippen LogP contribution in [0.4, 0.5) is 20.1 Å². The number of hydrogen-bond donors (Lipinski definition) is 10. The SMILES string of the molecule is CC[C@H](C)[C@@H]([C@@H](CC(=O)N1CCC[C@H]1[C@H](OC)[C@@H](C)C(=O)N[C@H](C)[C@@H](O)c1ccccc1)OC=O)N(C)C[C@@H](NC[C@H](C(C)C)N(C)C(=O)OC(=O)c1ccc(NC(=O)[C@H](CCCNC(N)=O)NC(=O)[C@@H](NC(=O)[C@@H](N)CCC(=O)OC(C)(C)C)C(C)C)cc1C(=O)NCCN(C)C(=O)OC(C)(C)C)C(C)C. The Bertz CT molecular complexity index is 3250.